The Bertz CT molecular complexity index is 508. The van der Waals surface area contributed by atoms with Crippen LogP contribution in [0.3, 0.4) is 0 Å². The summed E-state index contributed by atoms with van der Waals surface area (Å²) in [7, 11) is 3.47. The van der Waals surface area contributed by atoms with E-state index in [0.717, 1.165) is 36.3 Å². The Labute approximate surface area is 146 Å². The number of unbranched alkanes of at least 4 members (excludes halogenated alkanes) is 2. The van der Waals surface area contributed by atoms with E-state index in [1.54, 1.807) is 12.0 Å². The van der Waals surface area contributed by atoms with Gasteiger partial charge in [-0.3, -0.25) is 4.79 Å². The Morgan fingerprint density at radius 2 is 1.79 bits per heavy atom. The van der Waals surface area contributed by atoms with Crippen molar-refractivity contribution < 1.29 is 14.3 Å². The van der Waals surface area contributed by atoms with Gasteiger partial charge in [-0.25, -0.2) is 0 Å². The van der Waals surface area contributed by atoms with Gasteiger partial charge in [-0.05, 0) is 43.5 Å². The molecule has 0 heterocycles. The fourth-order valence-corrected chi connectivity index (χ4v) is 2.43. The molecule has 0 atom stereocenters. The van der Waals surface area contributed by atoms with Gasteiger partial charge in [-0.2, -0.15) is 0 Å². The molecular weight excluding hydrogens is 302 g/mol. The lowest BCUT2D eigenvalue weighted by molar-refractivity contribution is -0.126. The number of rotatable bonds is 11. The Kier molecular flexibility index (Phi) is 9.66. The normalized spacial score (nSPS) is 11.2. The zero-order chi connectivity index (χ0) is 17.8. The number of ether oxygens (including phenoxy) is 2. The zero-order valence-corrected chi connectivity index (χ0v) is 15.5. The summed E-state index contributed by atoms with van der Waals surface area (Å²) in [6, 6.07) is 7.46. The number of hydrogen-bond donors (Lipinski definition) is 0. The second-order valence-corrected chi connectivity index (χ2v) is 5.85. The van der Waals surface area contributed by atoms with Gasteiger partial charge in [0.1, 0.15) is 18.1 Å². The molecule has 0 unspecified atom stereocenters. The predicted octanol–water partition coefficient (Wildman–Crippen LogP) is 4.45. The first-order chi connectivity index (χ1) is 11.6. The van der Waals surface area contributed by atoms with Crippen LogP contribution in [0.4, 0.5) is 0 Å². The lowest BCUT2D eigenvalue weighted by atomic mass is 10.1. The van der Waals surface area contributed by atoms with Gasteiger partial charge in [0.2, 0.25) is 5.91 Å². The van der Waals surface area contributed by atoms with Crippen LogP contribution in [0.5, 0.6) is 11.5 Å². The maximum atomic E-state index is 12.5. The molecule has 4 heteroatoms. The van der Waals surface area contributed by atoms with E-state index in [1.165, 1.54) is 12.8 Å². The molecule has 0 bridgehead atoms. The highest BCUT2D eigenvalue weighted by Crippen LogP contribution is 2.17. The van der Waals surface area contributed by atoms with E-state index in [4.69, 9.17) is 9.47 Å². The fraction of sp³-hybridized carbons (Fsp3) is 0.550. The van der Waals surface area contributed by atoms with Crippen molar-refractivity contribution in [3.05, 3.63) is 35.9 Å². The third-order valence-electron chi connectivity index (χ3n) is 3.88. The van der Waals surface area contributed by atoms with Gasteiger partial charge in [0.15, 0.2) is 0 Å². The summed E-state index contributed by atoms with van der Waals surface area (Å²) in [6.07, 6.45) is 7.22. The largest absolute Gasteiger partial charge is 0.497 e. The first kappa shape index (κ1) is 20.1. The number of amides is 1. The third kappa shape index (κ3) is 7.07. The van der Waals surface area contributed by atoms with Crippen molar-refractivity contribution in [3.63, 3.8) is 0 Å². The van der Waals surface area contributed by atoms with Crippen molar-refractivity contribution in [2.45, 2.75) is 46.0 Å². The van der Waals surface area contributed by atoms with Crippen LogP contribution < -0.4 is 9.47 Å². The molecule has 0 saturated heterocycles. The van der Waals surface area contributed by atoms with Gasteiger partial charge >= 0.3 is 0 Å². The third-order valence-corrected chi connectivity index (χ3v) is 3.88. The minimum atomic E-state index is 0.117. The van der Waals surface area contributed by atoms with E-state index >= 15 is 0 Å². The highest BCUT2D eigenvalue weighted by Gasteiger charge is 2.14. The topological polar surface area (TPSA) is 38.8 Å². The van der Waals surface area contributed by atoms with Crippen molar-refractivity contribution in [1.82, 2.24) is 4.90 Å². The second-order valence-electron chi connectivity index (χ2n) is 5.85. The maximum absolute atomic E-state index is 12.5. The Morgan fingerprint density at radius 1 is 1.12 bits per heavy atom. The van der Waals surface area contributed by atoms with Crippen LogP contribution in [0.25, 0.3) is 0 Å². The fourth-order valence-electron chi connectivity index (χ4n) is 2.43. The van der Waals surface area contributed by atoms with Crippen molar-refractivity contribution in [3.8, 4) is 11.5 Å². The van der Waals surface area contributed by atoms with Crippen LogP contribution in [-0.4, -0.2) is 38.1 Å². The number of allylic oxidation sites excluding steroid dienone is 1. The van der Waals surface area contributed by atoms with Crippen LogP contribution in [0.1, 0.15) is 46.0 Å². The highest BCUT2D eigenvalue weighted by molar-refractivity contribution is 5.93. The monoisotopic (exact) mass is 333 g/mol. The lowest BCUT2D eigenvalue weighted by Gasteiger charge is -2.19. The number of carbonyl (C=O) groups is 1. The summed E-state index contributed by atoms with van der Waals surface area (Å²) in [5.41, 5.74) is 0.929. The molecule has 1 rings (SSSR count). The molecule has 0 saturated carbocycles. The standard InChI is InChI=1S/C20H31NO3/c1-5-7-8-10-17(9-6-2)20(22)21(3)15-16-24-19-13-11-18(23-4)12-14-19/h9,11-14H,5-8,10,15-16H2,1-4H3. The van der Waals surface area contributed by atoms with Gasteiger partial charge in [-0.15, -0.1) is 0 Å². The zero-order valence-electron chi connectivity index (χ0n) is 15.5. The molecule has 0 aromatic heterocycles. The maximum Gasteiger partial charge on any atom is 0.249 e. The Morgan fingerprint density at radius 3 is 2.38 bits per heavy atom. The molecule has 24 heavy (non-hydrogen) atoms. The Balaban J connectivity index is 2.44. The number of nitrogens with zero attached hydrogens (tertiary/aromatic N) is 1. The van der Waals surface area contributed by atoms with Gasteiger partial charge in [0.25, 0.3) is 0 Å². The van der Waals surface area contributed by atoms with E-state index < -0.39 is 0 Å². The van der Waals surface area contributed by atoms with Gasteiger partial charge in [0.05, 0.1) is 13.7 Å². The number of likely N-dealkylation sites (N-methyl/N-ethyl adjacent to an activating group) is 1. The molecule has 1 aromatic rings. The quantitative estimate of drug-likeness (QED) is 0.443. The van der Waals surface area contributed by atoms with Gasteiger partial charge in [-0.1, -0.05) is 32.8 Å². The predicted molar refractivity (Wildman–Crippen MR) is 98.6 cm³/mol. The summed E-state index contributed by atoms with van der Waals surface area (Å²) in [6.45, 7) is 5.29. The summed E-state index contributed by atoms with van der Waals surface area (Å²) in [5, 5.41) is 0. The first-order valence-electron chi connectivity index (χ1n) is 8.83. The van der Waals surface area contributed by atoms with Crippen LogP contribution in [-0.2, 0) is 4.79 Å². The molecule has 0 N–H and O–H groups in total. The number of hydrogen-bond acceptors (Lipinski definition) is 3. The molecular formula is C20H31NO3. The van der Waals surface area contributed by atoms with Crippen molar-refractivity contribution >= 4 is 5.91 Å². The summed E-state index contributed by atoms with van der Waals surface area (Å²) < 4.78 is 10.8. The molecule has 4 nitrogen and oxygen atoms in total. The number of carbonyl (C=O) groups excluding carboxylic acids is 1. The minimum absolute atomic E-state index is 0.117. The molecule has 0 radical (unpaired) electrons. The highest BCUT2D eigenvalue weighted by atomic mass is 16.5. The average Bonchev–Trinajstić information content (AvgIpc) is 2.61. The number of methoxy groups -OCH3 is 1. The average molecular weight is 333 g/mol. The second kappa shape index (κ2) is 11.5. The van der Waals surface area contributed by atoms with Crippen LogP contribution in [0.2, 0.25) is 0 Å². The number of benzene rings is 1. The van der Waals surface area contributed by atoms with Crippen LogP contribution >= 0.6 is 0 Å². The van der Waals surface area contributed by atoms with Crippen molar-refractivity contribution in [2.24, 2.45) is 0 Å². The van der Waals surface area contributed by atoms with Gasteiger partial charge in [0, 0.05) is 12.6 Å². The smallest absolute Gasteiger partial charge is 0.249 e. The minimum Gasteiger partial charge on any atom is -0.497 e. The molecule has 0 aliphatic rings. The van der Waals surface area contributed by atoms with E-state index in [0.29, 0.717) is 13.2 Å². The van der Waals surface area contributed by atoms with E-state index in [1.807, 2.05) is 31.3 Å². The molecule has 0 aliphatic carbocycles. The summed E-state index contributed by atoms with van der Waals surface area (Å²) in [5.74, 6) is 1.70. The molecule has 0 aliphatic heterocycles. The molecule has 1 aromatic carbocycles. The molecule has 134 valence electrons. The lowest BCUT2D eigenvalue weighted by Crippen LogP contribution is -2.32. The molecule has 0 fully saturated rings. The summed E-state index contributed by atoms with van der Waals surface area (Å²) >= 11 is 0. The Hall–Kier alpha value is -1.97. The molecule has 0 spiro atoms. The summed E-state index contributed by atoms with van der Waals surface area (Å²) in [4.78, 5) is 14.3. The first-order valence-corrected chi connectivity index (χ1v) is 8.83. The van der Waals surface area contributed by atoms with E-state index in [9.17, 15) is 4.79 Å². The van der Waals surface area contributed by atoms with Crippen molar-refractivity contribution in [1.29, 1.82) is 0 Å². The van der Waals surface area contributed by atoms with E-state index in [2.05, 4.69) is 19.9 Å². The van der Waals surface area contributed by atoms with Crippen LogP contribution in [0.15, 0.2) is 35.9 Å². The van der Waals surface area contributed by atoms with Crippen LogP contribution in [0, 0.1) is 0 Å². The molecule has 1 amide bonds. The van der Waals surface area contributed by atoms with Crippen molar-refractivity contribution in [2.75, 3.05) is 27.3 Å². The SMILES string of the molecule is CCC=C(CCCCC)C(=O)N(C)CCOc1ccc(OC)cc1. The van der Waals surface area contributed by atoms with Gasteiger partial charge < -0.3 is 14.4 Å². The van der Waals surface area contributed by atoms with E-state index in [-0.39, 0.29) is 5.91 Å².